The van der Waals surface area contributed by atoms with E-state index in [0.717, 1.165) is 42.5 Å². The smallest absolute Gasteiger partial charge is 0.119 e. The van der Waals surface area contributed by atoms with Crippen molar-refractivity contribution in [3.63, 3.8) is 0 Å². The summed E-state index contributed by atoms with van der Waals surface area (Å²) in [5, 5.41) is 9.09. The standard InChI is InChI=1S/C25H27N3O/c1-2-3-18-25(21-12-6-4-7-13-21,19-20-29-22-14-8-5-9-15-22)28-24-17-11-10-16-23(24)26-27-28/h4-17H,2-3,18-20H2,1H3. The second-order valence-corrected chi connectivity index (χ2v) is 7.40. The van der Waals surface area contributed by atoms with Gasteiger partial charge >= 0.3 is 0 Å². The van der Waals surface area contributed by atoms with Gasteiger partial charge in [0, 0.05) is 6.42 Å². The van der Waals surface area contributed by atoms with Gasteiger partial charge in [-0.2, -0.15) is 0 Å². The zero-order chi connectivity index (χ0) is 19.9. The van der Waals surface area contributed by atoms with Gasteiger partial charge < -0.3 is 4.74 Å². The van der Waals surface area contributed by atoms with Crippen LogP contribution in [-0.2, 0) is 5.54 Å². The quantitative estimate of drug-likeness (QED) is 0.364. The first kappa shape index (κ1) is 19.2. The van der Waals surface area contributed by atoms with Crippen LogP contribution in [0.25, 0.3) is 11.0 Å². The minimum atomic E-state index is -0.303. The van der Waals surface area contributed by atoms with E-state index in [-0.39, 0.29) is 5.54 Å². The van der Waals surface area contributed by atoms with Gasteiger partial charge in [0.15, 0.2) is 0 Å². The molecule has 0 bridgehead atoms. The van der Waals surface area contributed by atoms with Gasteiger partial charge in [0.05, 0.1) is 17.7 Å². The number of ether oxygens (including phenoxy) is 1. The SMILES string of the molecule is CCCCC(CCOc1ccccc1)(c1ccccc1)n1nnc2ccccc21. The van der Waals surface area contributed by atoms with E-state index in [4.69, 9.17) is 4.74 Å². The normalized spacial score (nSPS) is 13.3. The lowest BCUT2D eigenvalue weighted by Gasteiger charge is -2.35. The lowest BCUT2D eigenvalue weighted by Crippen LogP contribution is -2.38. The highest BCUT2D eigenvalue weighted by molar-refractivity contribution is 5.74. The van der Waals surface area contributed by atoms with E-state index in [9.17, 15) is 0 Å². The Balaban J connectivity index is 1.75. The largest absolute Gasteiger partial charge is 0.493 e. The van der Waals surface area contributed by atoms with Crippen molar-refractivity contribution in [1.29, 1.82) is 0 Å². The number of rotatable bonds is 9. The van der Waals surface area contributed by atoms with Crippen molar-refractivity contribution in [1.82, 2.24) is 15.0 Å². The average Bonchev–Trinajstić information content (AvgIpc) is 3.22. The fraction of sp³-hybridized carbons (Fsp3) is 0.280. The van der Waals surface area contributed by atoms with Crippen LogP contribution < -0.4 is 4.74 Å². The Morgan fingerprint density at radius 3 is 2.28 bits per heavy atom. The number of fused-ring (bicyclic) bond motifs is 1. The summed E-state index contributed by atoms with van der Waals surface area (Å²) < 4.78 is 8.24. The van der Waals surface area contributed by atoms with E-state index >= 15 is 0 Å². The van der Waals surface area contributed by atoms with Gasteiger partial charge in [0.1, 0.15) is 11.3 Å². The van der Waals surface area contributed by atoms with Crippen LogP contribution in [0, 0.1) is 0 Å². The van der Waals surface area contributed by atoms with E-state index in [1.165, 1.54) is 5.56 Å². The van der Waals surface area contributed by atoms with Crippen LogP contribution in [0.5, 0.6) is 5.75 Å². The number of aromatic nitrogens is 3. The van der Waals surface area contributed by atoms with Gasteiger partial charge in [-0.25, -0.2) is 4.68 Å². The van der Waals surface area contributed by atoms with Gasteiger partial charge in [0.2, 0.25) is 0 Å². The van der Waals surface area contributed by atoms with Crippen molar-refractivity contribution in [2.24, 2.45) is 0 Å². The molecule has 4 nitrogen and oxygen atoms in total. The Morgan fingerprint density at radius 2 is 1.52 bits per heavy atom. The zero-order valence-corrected chi connectivity index (χ0v) is 16.9. The van der Waals surface area contributed by atoms with Gasteiger partial charge in [-0.3, -0.25) is 0 Å². The molecule has 0 aliphatic heterocycles. The molecule has 4 heteroatoms. The maximum atomic E-state index is 6.11. The Labute approximate surface area is 172 Å². The molecule has 0 aliphatic carbocycles. The summed E-state index contributed by atoms with van der Waals surface area (Å²) in [6.07, 6.45) is 4.04. The van der Waals surface area contributed by atoms with Crippen molar-refractivity contribution in [2.75, 3.05) is 6.61 Å². The van der Waals surface area contributed by atoms with Crippen LogP contribution in [-0.4, -0.2) is 21.6 Å². The third-order valence-corrected chi connectivity index (χ3v) is 5.54. The molecule has 3 aromatic carbocycles. The second kappa shape index (κ2) is 8.91. The van der Waals surface area contributed by atoms with E-state index in [1.54, 1.807) is 0 Å². The molecule has 0 N–H and O–H groups in total. The lowest BCUT2D eigenvalue weighted by molar-refractivity contribution is 0.205. The first-order valence-corrected chi connectivity index (χ1v) is 10.4. The first-order valence-electron chi connectivity index (χ1n) is 10.4. The summed E-state index contributed by atoms with van der Waals surface area (Å²) in [7, 11) is 0. The monoisotopic (exact) mass is 385 g/mol. The first-order chi connectivity index (χ1) is 14.3. The van der Waals surface area contributed by atoms with E-state index in [0.29, 0.717) is 6.61 Å². The molecule has 4 rings (SSSR count). The molecule has 148 valence electrons. The maximum Gasteiger partial charge on any atom is 0.119 e. The van der Waals surface area contributed by atoms with Gasteiger partial charge in [-0.05, 0) is 36.2 Å². The summed E-state index contributed by atoms with van der Waals surface area (Å²) in [6.45, 7) is 2.84. The lowest BCUT2D eigenvalue weighted by atomic mass is 9.82. The molecule has 0 fully saturated rings. The van der Waals surface area contributed by atoms with E-state index in [1.807, 2.05) is 42.5 Å². The summed E-state index contributed by atoms with van der Waals surface area (Å²) in [4.78, 5) is 0. The molecular weight excluding hydrogens is 358 g/mol. The van der Waals surface area contributed by atoms with Gasteiger partial charge in [0.25, 0.3) is 0 Å². The molecule has 0 spiro atoms. The zero-order valence-electron chi connectivity index (χ0n) is 16.9. The summed E-state index contributed by atoms with van der Waals surface area (Å²) in [5.74, 6) is 0.897. The molecule has 0 radical (unpaired) electrons. The predicted octanol–water partition coefficient (Wildman–Crippen LogP) is 5.83. The number of benzene rings is 3. The van der Waals surface area contributed by atoms with Crippen molar-refractivity contribution in [3.05, 3.63) is 90.5 Å². The molecule has 1 aromatic heterocycles. The highest BCUT2D eigenvalue weighted by atomic mass is 16.5. The molecular formula is C25H27N3O. The van der Waals surface area contributed by atoms with Crippen LogP contribution in [0.2, 0.25) is 0 Å². The predicted molar refractivity (Wildman–Crippen MR) is 117 cm³/mol. The number of para-hydroxylation sites is 2. The fourth-order valence-electron chi connectivity index (χ4n) is 4.00. The summed E-state index contributed by atoms with van der Waals surface area (Å²) >= 11 is 0. The van der Waals surface area contributed by atoms with Crippen molar-refractivity contribution in [2.45, 2.75) is 38.1 Å². The third kappa shape index (κ3) is 4.02. The van der Waals surface area contributed by atoms with Crippen LogP contribution >= 0.6 is 0 Å². The van der Waals surface area contributed by atoms with Crippen molar-refractivity contribution < 1.29 is 4.74 Å². The average molecular weight is 386 g/mol. The maximum absolute atomic E-state index is 6.11. The highest BCUT2D eigenvalue weighted by Gasteiger charge is 2.36. The molecule has 0 saturated heterocycles. The van der Waals surface area contributed by atoms with E-state index in [2.05, 4.69) is 64.4 Å². The molecule has 0 aliphatic rings. The minimum Gasteiger partial charge on any atom is -0.493 e. The van der Waals surface area contributed by atoms with Crippen LogP contribution in [0.1, 0.15) is 38.2 Å². The molecule has 29 heavy (non-hydrogen) atoms. The Morgan fingerprint density at radius 1 is 0.828 bits per heavy atom. The molecule has 1 atom stereocenters. The Kier molecular flexibility index (Phi) is 5.89. The third-order valence-electron chi connectivity index (χ3n) is 5.54. The summed E-state index contributed by atoms with van der Waals surface area (Å²) in [5.41, 5.74) is 2.93. The number of unbranched alkanes of at least 4 members (excludes halogenated alkanes) is 1. The van der Waals surface area contributed by atoms with Crippen LogP contribution in [0.3, 0.4) is 0 Å². The summed E-state index contributed by atoms with van der Waals surface area (Å²) in [6, 6.07) is 28.9. The number of nitrogens with zero attached hydrogens (tertiary/aromatic N) is 3. The Hall–Kier alpha value is -3.14. The minimum absolute atomic E-state index is 0.303. The van der Waals surface area contributed by atoms with Crippen LogP contribution in [0.4, 0.5) is 0 Å². The molecule has 1 heterocycles. The molecule has 0 saturated carbocycles. The number of hydrogen-bond donors (Lipinski definition) is 0. The molecule has 4 aromatic rings. The Bertz CT molecular complexity index is 1030. The number of hydrogen-bond acceptors (Lipinski definition) is 3. The second-order valence-electron chi connectivity index (χ2n) is 7.40. The van der Waals surface area contributed by atoms with Gasteiger partial charge in [-0.15, -0.1) is 5.10 Å². The highest BCUT2D eigenvalue weighted by Crippen LogP contribution is 2.37. The van der Waals surface area contributed by atoms with Gasteiger partial charge in [-0.1, -0.05) is 85.6 Å². The van der Waals surface area contributed by atoms with Crippen molar-refractivity contribution >= 4 is 11.0 Å². The molecule has 0 amide bonds. The molecule has 1 unspecified atom stereocenters. The fourth-order valence-corrected chi connectivity index (χ4v) is 4.00. The van der Waals surface area contributed by atoms with Crippen molar-refractivity contribution in [3.8, 4) is 5.75 Å². The van der Waals surface area contributed by atoms with Crippen LogP contribution in [0.15, 0.2) is 84.9 Å². The topological polar surface area (TPSA) is 39.9 Å². The van der Waals surface area contributed by atoms with E-state index < -0.39 is 0 Å².